The number of anilines is 1. The van der Waals surface area contributed by atoms with Crippen LogP contribution in [0, 0.1) is 6.92 Å². The van der Waals surface area contributed by atoms with Crippen molar-refractivity contribution >= 4 is 29.1 Å². The van der Waals surface area contributed by atoms with Crippen molar-refractivity contribution in [3.8, 4) is 0 Å². The van der Waals surface area contributed by atoms with E-state index >= 15 is 0 Å². The van der Waals surface area contributed by atoms with E-state index < -0.39 is 0 Å². The number of benzene rings is 1. The molecule has 1 aromatic rings. The van der Waals surface area contributed by atoms with Crippen LogP contribution in [0.4, 0.5) is 5.69 Å². The lowest BCUT2D eigenvalue weighted by Crippen LogP contribution is -2.49. The van der Waals surface area contributed by atoms with Crippen molar-refractivity contribution in [2.75, 3.05) is 17.6 Å². The highest BCUT2D eigenvalue weighted by atomic mass is 35.5. The van der Waals surface area contributed by atoms with Gasteiger partial charge in [-0.1, -0.05) is 24.6 Å². The van der Waals surface area contributed by atoms with Gasteiger partial charge in [-0.3, -0.25) is 0 Å². The van der Waals surface area contributed by atoms with Crippen molar-refractivity contribution in [3.63, 3.8) is 0 Å². The molecule has 0 radical (unpaired) electrons. The molecule has 0 saturated carbocycles. The first-order valence-electron chi connectivity index (χ1n) is 5.93. The van der Waals surface area contributed by atoms with Crippen molar-refractivity contribution < 1.29 is 0 Å². The molecule has 0 aliphatic carbocycles. The summed E-state index contributed by atoms with van der Waals surface area (Å²) < 4.78 is 0. The Hall–Kier alpha value is -0.380. The fourth-order valence-electron chi connectivity index (χ4n) is 2.22. The average Bonchev–Trinajstić information content (AvgIpc) is 2.66. The van der Waals surface area contributed by atoms with Crippen LogP contribution < -0.4 is 11.1 Å². The van der Waals surface area contributed by atoms with E-state index in [4.69, 9.17) is 17.3 Å². The molecule has 0 bridgehead atoms. The number of rotatable bonds is 3. The molecule has 2 atom stereocenters. The first-order chi connectivity index (χ1) is 8.07. The molecule has 1 saturated heterocycles. The number of nitrogens with two attached hydrogens (primary N) is 1. The van der Waals surface area contributed by atoms with Gasteiger partial charge in [0.15, 0.2) is 0 Å². The summed E-state index contributed by atoms with van der Waals surface area (Å²) in [6.45, 7) is 4.92. The third-order valence-corrected chi connectivity index (χ3v) is 5.42. The van der Waals surface area contributed by atoms with Gasteiger partial charge in [-0.25, -0.2) is 0 Å². The number of nitrogens with one attached hydrogen (secondary N) is 1. The zero-order valence-corrected chi connectivity index (χ0v) is 11.9. The molecule has 1 fully saturated rings. The molecule has 3 N–H and O–H groups in total. The molecule has 2 rings (SSSR count). The second-order valence-electron chi connectivity index (χ2n) is 4.71. The van der Waals surface area contributed by atoms with Gasteiger partial charge in [-0.05, 0) is 36.8 Å². The van der Waals surface area contributed by atoms with E-state index in [2.05, 4.69) is 18.3 Å². The summed E-state index contributed by atoms with van der Waals surface area (Å²) in [6, 6.07) is 6.11. The molecule has 1 aromatic carbocycles. The van der Waals surface area contributed by atoms with Crippen LogP contribution in [0.1, 0.15) is 18.9 Å². The van der Waals surface area contributed by atoms with Gasteiger partial charge in [0.25, 0.3) is 0 Å². The largest absolute Gasteiger partial charge is 0.377 e. The van der Waals surface area contributed by atoms with Crippen molar-refractivity contribution in [2.45, 2.75) is 31.1 Å². The van der Waals surface area contributed by atoms with Gasteiger partial charge in [0.2, 0.25) is 0 Å². The van der Waals surface area contributed by atoms with E-state index in [0.717, 1.165) is 22.7 Å². The average molecular weight is 271 g/mol. The van der Waals surface area contributed by atoms with Crippen LogP contribution in [-0.4, -0.2) is 23.1 Å². The molecule has 1 aliphatic heterocycles. The maximum absolute atomic E-state index is 6.15. The number of hydrogen-bond donors (Lipinski definition) is 2. The first-order valence-corrected chi connectivity index (χ1v) is 7.36. The van der Waals surface area contributed by atoms with Gasteiger partial charge >= 0.3 is 0 Å². The summed E-state index contributed by atoms with van der Waals surface area (Å²) >= 11 is 8.13. The maximum atomic E-state index is 6.15. The van der Waals surface area contributed by atoms with Crippen LogP contribution in [0.2, 0.25) is 5.02 Å². The fourth-order valence-corrected chi connectivity index (χ4v) is 3.83. The summed E-state index contributed by atoms with van der Waals surface area (Å²) in [4.78, 5) is 0. The van der Waals surface area contributed by atoms with Crippen LogP contribution >= 0.6 is 23.4 Å². The van der Waals surface area contributed by atoms with Crippen LogP contribution in [0.15, 0.2) is 18.2 Å². The summed E-state index contributed by atoms with van der Waals surface area (Å²) in [7, 11) is 0. The SMILES string of the molecule is Cc1ccc(NC2(CN)CCSC2C)cc1Cl. The van der Waals surface area contributed by atoms with Crippen molar-refractivity contribution in [2.24, 2.45) is 5.73 Å². The standard InChI is InChI=1S/C13H19ClN2S/c1-9-3-4-11(7-12(9)14)16-13(8-15)5-6-17-10(13)2/h3-4,7,10,16H,5-6,8,15H2,1-2H3. The molecule has 0 amide bonds. The molecule has 1 aliphatic rings. The Morgan fingerprint density at radius 2 is 2.35 bits per heavy atom. The van der Waals surface area contributed by atoms with Crippen molar-refractivity contribution in [1.29, 1.82) is 0 Å². The maximum Gasteiger partial charge on any atom is 0.0619 e. The minimum Gasteiger partial charge on any atom is -0.377 e. The normalized spacial score (nSPS) is 28.4. The molecule has 0 spiro atoms. The Morgan fingerprint density at radius 3 is 2.88 bits per heavy atom. The molecular formula is C13H19ClN2S. The van der Waals surface area contributed by atoms with E-state index in [0.29, 0.717) is 11.8 Å². The van der Waals surface area contributed by atoms with E-state index in [1.165, 1.54) is 5.75 Å². The Kier molecular flexibility index (Phi) is 3.91. The van der Waals surface area contributed by atoms with Gasteiger partial charge in [-0.2, -0.15) is 11.8 Å². The lowest BCUT2D eigenvalue weighted by molar-refractivity contribution is 0.480. The number of hydrogen-bond acceptors (Lipinski definition) is 3. The predicted octanol–water partition coefficient (Wildman–Crippen LogP) is 3.28. The van der Waals surface area contributed by atoms with Crippen molar-refractivity contribution in [3.05, 3.63) is 28.8 Å². The summed E-state index contributed by atoms with van der Waals surface area (Å²) in [5.74, 6) is 1.17. The predicted molar refractivity (Wildman–Crippen MR) is 78.1 cm³/mol. The van der Waals surface area contributed by atoms with E-state index in [9.17, 15) is 0 Å². The summed E-state index contributed by atoms with van der Waals surface area (Å²) in [5.41, 5.74) is 8.16. The Labute approximate surface area is 112 Å². The highest BCUT2D eigenvalue weighted by molar-refractivity contribution is 8.00. The second-order valence-corrected chi connectivity index (χ2v) is 6.57. The smallest absolute Gasteiger partial charge is 0.0619 e. The van der Waals surface area contributed by atoms with Gasteiger partial charge < -0.3 is 11.1 Å². The van der Waals surface area contributed by atoms with Gasteiger partial charge in [0, 0.05) is 22.5 Å². The zero-order chi connectivity index (χ0) is 12.5. The molecule has 17 heavy (non-hydrogen) atoms. The third-order valence-electron chi connectivity index (χ3n) is 3.62. The van der Waals surface area contributed by atoms with Crippen molar-refractivity contribution in [1.82, 2.24) is 0 Å². The molecule has 2 nitrogen and oxygen atoms in total. The number of halogens is 1. The first kappa shape index (κ1) is 13.1. The summed E-state index contributed by atoms with van der Waals surface area (Å²) in [6.07, 6.45) is 1.11. The molecule has 1 heterocycles. The quantitative estimate of drug-likeness (QED) is 0.885. The van der Waals surface area contributed by atoms with Gasteiger partial charge in [-0.15, -0.1) is 0 Å². The van der Waals surface area contributed by atoms with Crippen LogP contribution in [0.3, 0.4) is 0 Å². The summed E-state index contributed by atoms with van der Waals surface area (Å²) in [5, 5.41) is 4.93. The van der Waals surface area contributed by atoms with E-state index in [1.807, 2.05) is 30.8 Å². The van der Waals surface area contributed by atoms with E-state index in [1.54, 1.807) is 0 Å². The lowest BCUT2D eigenvalue weighted by Gasteiger charge is -2.34. The topological polar surface area (TPSA) is 38.0 Å². The molecular weight excluding hydrogens is 252 g/mol. The Bertz CT molecular complexity index is 410. The lowest BCUT2D eigenvalue weighted by atomic mass is 9.92. The third kappa shape index (κ3) is 2.56. The highest BCUT2D eigenvalue weighted by Crippen LogP contribution is 2.38. The minimum absolute atomic E-state index is 0.0171. The number of thioether (sulfide) groups is 1. The van der Waals surface area contributed by atoms with Crippen LogP contribution in [-0.2, 0) is 0 Å². The van der Waals surface area contributed by atoms with Crippen LogP contribution in [0.5, 0.6) is 0 Å². The Balaban J connectivity index is 2.21. The molecule has 2 unspecified atom stereocenters. The molecule has 4 heteroatoms. The molecule has 94 valence electrons. The van der Waals surface area contributed by atoms with Crippen LogP contribution in [0.25, 0.3) is 0 Å². The number of aryl methyl sites for hydroxylation is 1. The fraction of sp³-hybridized carbons (Fsp3) is 0.538. The zero-order valence-electron chi connectivity index (χ0n) is 10.3. The highest BCUT2D eigenvalue weighted by Gasteiger charge is 2.39. The minimum atomic E-state index is 0.0171. The molecule has 0 aromatic heterocycles. The van der Waals surface area contributed by atoms with Gasteiger partial charge in [0.05, 0.1) is 5.54 Å². The Morgan fingerprint density at radius 1 is 1.59 bits per heavy atom. The second kappa shape index (κ2) is 5.09. The van der Waals surface area contributed by atoms with E-state index in [-0.39, 0.29) is 5.54 Å². The van der Waals surface area contributed by atoms with Gasteiger partial charge in [0.1, 0.15) is 0 Å². The monoisotopic (exact) mass is 270 g/mol.